The molecular weight excluding hydrogens is 284 g/mol. The van der Waals surface area contributed by atoms with Crippen LogP contribution in [-0.4, -0.2) is 67.6 Å². The second-order valence-electron chi connectivity index (χ2n) is 6.01. The Hall–Kier alpha value is -1.15. The zero-order chi connectivity index (χ0) is 14.7. The van der Waals surface area contributed by atoms with Crippen molar-refractivity contribution in [1.82, 2.24) is 9.80 Å². The van der Waals surface area contributed by atoms with Gasteiger partial charge in [0.25, 0.3) is 10.1 Å². The van der Waals surface area contributed by atoms with Crippen LogP contribution in [-0.2, 0) is 23.9 Å². The van der Waals surface area contributed by atoms with Crippen LogP contribution in [0.1, 0.15) is 19.8 Å². The summed E-state index contributed by atoms with van der Waals surface area (Å²) < 4.78 is 27.3. The summed E-state index contributed by atoms with van der Waals surface area (Å²) in [6.07, 6.45) is 1.31. The average Bonchev–Trinajstić information content (AvgIpc) is 2.88. The van der Waals surface area contributed by atoms with E-state index in [2.05, 4.69) is 0 Å². The second kappa shape index (κ2) is 4.42. The maximum Gasteiger partial charge on any atom is 0.264 e. The van der Waals surface area contributed by atoms with Gasteiger partial charge in [0.15, 0.2) is 0 Å². The van der Waals surface area contributed by atoms with E-state index in [-0.39, 0.29) is 30.8 Å². The molecule has 0 aromatic rings. The normalized spacial score (nSPS) is 37.3. The van der Waals surface area contributed by atoms with E-state index in [0.29, 0.717) is 18.9 Å². The molecule has 3 fully saturated rings. The summed E-state index contributed by atoms with van der Waals surface area (Å²) in [5.41, 5.74) is 0. The van der Waals surface area contributed by atoms with Gasteiger partial charge in [-0.25, -0.2) is 0 Å². The van der Waals surface area contributed by atoms with Gasteiger partial charge in [0.2, 0.25) is 11.8 Å². The largest absolute Gasteiger partial charge is 0.329 e. The monoisotopic (exact) mass is 302 g/mol. The van der Waals surface area contributed by atoms with Gasteiger partial charge in [-0.3, -0.25) is 13.8 Å². The van der Waals surface area contributed by atoms with Crippen LogP contribution in [0.3, 0.4) is 0 Å². The molecule has 4 atom stereocenters. The molecule has 0 saturated carbocycles. The Bertz CT molecular complexity index is 528. The van der Waals surface area contributed by atoms with Gasteiger partial charge in [-0.2, -0.15) is 8.42 Å². The van der Waals surface area contributed by atoms with Crippen molar-refractivity contribution in [3.05, 3.63) is 0 Å². The van der Waals surface area contributed by atoms with Crippen LogP contribution in [0.15, 0.2) is 0 Å². The highest BCUT2D eigenvalue weighted by Gasteiger charge is 2.53. The molecule has 0 aliphatic carbocycles. The van der Waals surface area contributed by atoms with Crippen LogP contribution in [0.2, 0.25) is 0 Å². The summed E-state index contributed by atoms with van der Waals surface area (Å²) in [5, 5.41) is 0. The number of nitrogens with zero attached hydrogens (tertiary/aromatic N) is 2. The van der Waals surface area contributed by atoms with Crippen LogP contribution in [0.4, 0.5) is 0 Å². The van der Waals surface area contributed by atoms with Crippen LogP contribution >= 0.6 is 0 Å². The summed E-state index contributed by atoms with van der Waals surface area (Å²) in [5.74, 6) is 0.188. The molecule has 8 heteroatoms. The highest BCUT2D eigenvalue weighted by atomic mass is 32.2. The molecule has 112 valence electrons. The van der Waals surface area contributed by atoms with Crippen molar-refractivity contribution in [3.8, 4) is 0 Å². The first-order valence-corrected chi connectivity index (χ1v) is 8.57. The number of carbonyl (C=O) groups is 2. The maximum atomic E-state index is 12.4. The first-order valence-electron chi connectivity index (χ1n) is 6.75. The van der Waals surface area contributed by atoms with E-state index in [4.69, 9.17) is 4.18 Å². The summed E-state index contributed by atoms with van der Waals surface area (Å²) >= 11 is 0. The topological polar surface area (TPSA) is 84.0 Å². The van der Waals surface area contributed by atoms with Crippen LogP contribution in [0, 0.1) is 5.92 Å². The van der Waals surface area contributed by atoms with Gasteiger partial charge in [0.05, 0.1) is 12.4 Å². The maximum absolute atomic E-state index is 12.4. The number of hydrogen-bond acceptors (Lipinski definition) is 5. The molecule has 3 aliphatic heterocycles. The lowest BCUT2D eigenvalue weighted by Gasteiger charge is -2.38. The number of hydrogen-bond donors (Lipinski definition) is 0. The number of fused-ring (bicyclic) bond motifs is 2. The second-order valence-corrected chi connectivity index (χ2v) is 7.61. The van der Waals surface area contributed by atoms with Crippen molar-refractivity contribution in [1.29, 1.82) is 0 Å². The van der Waals surface area contributed by atoms with Crippen LogP contribution in [0.25, 0.3) is 0 Å². The minimum absolute atomic E-state index is 0.0708. The third-order valence-corrected chi connectivity index (χ3v) is 4.84. The Kier molecular flexibility index (Phi) is 3.06. The van der Waals surface area contributed by atoms with Gasteiger partial charge in [-0.15, -0.1) is 0 Å². The van der Waals surface area contributed by atoms with Crippen molar-refractivity contribution in [2.75, 3.05) is 19.3 Å². The predicted molar refractivity (Wildman–Crippen MR) is 69.1 cm³/mol. The molecule has 20 heavy (non-hydrogen) atoms. The molecule has 0 aromatic heterocycles. The SMILES string of the molecule is C[C@@H]1CC2C(=O)N3C[C@H](OS(C)(=O)=O)CC3C(=O)N2C1. The molecule has 0 radical (unpaired) electrons. The van der Waals surface area contributed by atoms with E-state index in [1.165, 1.54) is 4.90 Å². The van der Waals surface area contributed by atoms with Gasteiger partial charge >= 0.3 is 0 Å². The van der Waals surface area contributed by atoms with Crippen molar-refractivity contribution < 1.29 is 22.2 Å². The molecule has 3 rings (SSSR count). The van der Waals surface area contributed by atoms with Crippen molar-refractivity contribution >= 4 is 21.9 Å². The molecule has 0 bridgehead atoms. The summed E-state index contributed by atoms with van der Waals surface area (Å²) in [4.78, 5) is 28.0. The third kappa shape index (κ3) is 2.20. The lowest BCUT2D eigenvalue weighted by atomic mass is 10.0. The highest BCUT2D eigenvalue weighted by Crippen LogP contribution is 2.35. The predicted octanol–water partition coefficient (Wildman–Crippen LogP) is -0.817. The van der Waals surface area contributed by atoms with Gasteiger partial charge in [0, 0.05) is 19.5 Å². The molecule has 7 nitrogen and oxygen atoms in total. The molecule has 2 amide bonds. The van der Waals surface area contributed by atoms with Crippen molar-refractivity contribution in [3.63, 3.8) is 0 Å². The highest BCUT2D eigenvalue weighted by molar-refractivity contribution is 7.86. The molecule has 0 N–H and O–H groups in total. The molecule has 3 aliphatic rings. The molecular formula is C12H18N2O5S. The van der Waals surface area contributed by atoms with E-state index < -0.39 is 22.3 Å². The van der Waals surface area contributed by atoms with E-state index >= 15 is 0 Å². The van der Waals surface area contributed by atoms with Gasteiger partial charge in [-0.05, 0) is 12.3 Å². The average molecular weight is 302 g/mol. The quantitative estimate of drug-likeness (QED) is 0.623. The summed E-state index contributed by atoms with van der Waals surface area (Å²) in [6, 6.07) is -0.929. The van der Waals surface area contributed by atoms with E-state index in [1.54, 1.807) is 4.90 Å². The number of carbonyl (C=O) groups excluding carboxylic acids is 2. The first kappa shape index (κ1) is 13.8. The third-order valence-electron chi connectivity index (χ3n) is 4.22. The van der Waals surface area contributed by atoms with Gasteiger partial charge < -0.3 is 9.80 Å². The fourth-order valence-corrected chi connectivity index (χ4v) is 4.13. The van der Waals surface area contributed by atoms with Crippen LogP contribution < -0.4 is 0 Å². The fraction of sp³-hybridized carbons (Fsp3) is 0.833. The zero-order valence-electron chi connectivity index (χ0n) is 11.5. The Morgan fingerprint density at radius 1 is 1.05 bits per heavy atom. The Balaban J connectivity index is 1.80. The van der Waals surface area contributed by atoms with Crippen molar-refractivity contribution in [2.45, 2.75) is 38.0 Å². The Morgan fingerprint density at radius 3 is 2.20 bits per heavy atom. The molecule has 0 spiro atoms. The number of rotatable bonds is 2. The lowest BCUT2D eigenvalue weighted by molar-refractivity contribution is -0.156. The minimum Gasteiger partial charge on any atom is -0.329 e. The fourth-order valence-electron chi connectivity index (χ4n) is 3.50. The summed E-state index contributed by atoms with van der Waals surface area (Å²) in [6.45, 7) is 2.82. The number of piperazine rings is 1. The zero-order valence-corrected chi connectivity index (χ0v) is 12.3. The molecule has 3 saturated heterocycles. The van der Waals surface area contributed by atoms with E-state index in [1.807, 2.05) is 6.92 Å². The lowest BCUT2D eigenvalue weighted by Crippen LogP contribution is -2.60. The Morgan fingerprint density at radius 2 is 1.60 bits per heavy atom. The van der Waals surface area contributed by atoms with Gasteiger partial charge in [-0.1, -0.05) is 6.92 Å². The first-order chi connectivity index (χ1) is 9.26. The number of amides is 2. The Labute approximate surface area is 118 Å². The smallest absolute Gasteiger partial charge is 0.264 e. The van der Waals surface area contributed by atoms with Gasteiger partial charge in [0.1, 0.15) is 12.1 Å². The van der Waals surface area contributed by atoms with Crippen LogP contribution in [0.5, 0.6) is 0 Å². The van der Waals surface area contributed by atoms with E-state index in [0.717, 1.165) is 6.26 Å². The van der Waals surface area contributed by atoms with E-state index in [9.17, 15) is 18.0 Å². The summed E-state index contributed by atoms with van der Waals surface area (Å²) in [7, 11) is -3.58. The minimum atomic E-state index is -3.58. The van der Waals surface area contributed by atoms with Crippen molar-refractivity contribution in [2.24, 2.45) is 5.92 Å². The standard InChI is InChI=1S/C12H18N2O5S/c1-7-3-9-11(15)14-6-8(19-20(2,17)18)4-10(14)12(16)13(9)5-7/h7-10H,3-6H2,1-2H3/t7-,8-,9?,10?/m1/s1. The molecule has 0 aromatic carbocycles. The molecule has 2 unspecified atom stereocenters. The molecule has 3 heterocycles.